The van der Waals surface area contributed by atoms with E-state index in [9.17, 15) is 22.8 Å². The first-order valence-electron chi connectivity index (χ1n) is 10.5. The molecule has 8 nitrogen and oxygen atoms in total. The van der Waals surface area contributed by atoms with Crippen LogP contribution in [0.5, 0.6) is 5.75 Å². The number of ether oxygens (including phenoxy) is 1. The zero-order valence-electron chi connectivity index (χ0n) is 18.3. The molecule has 0 radical (unpaired) electrons. The molecule has 0 saturated carbocycles. The fraction of sp³-hybridized carbons (Fsp3) is 0.304. The van der Waals surface area contributed by atoms with E-state index in [1.54, 1.807) is 17.0 Å². The number of methoxy groups -OCH3 is 1. The van der Waals surface area contributed by atoms with Crippen LogP contribution in [-0.4, -0.2) is 58.9 Å². The first kappa shape index (κ1) is 23.3. The molecule has 1 aliphatic rings. The number of amides is 1. The molecule has 178 valence electrons. The first-order chi connectivity index (χ1) is 16.3. The van der Waals surface area contributed by atoms with Gasteiger partial charge in [0, 0.05) is 44.0 Å². The molecular formula is C23H22F3N5O3. The Bertz CT molecular complexity index is 1220. The topological polar surface area (TPSA) is 80.6 Å². The van der Waals surface area contributed by atoms with Crippen LogP contribution in [0, 0.1) is 0 Å². The molecule has 11 heteroatoms. The lowest BCUT2D eigenvalue weighted by Gasteiger charge is -2.35. The van der Waals surface area contributed by atoms with Crippen molar-refractivity contribution < 1.29 is 22.7 Å². The second-order valence-electron chi connectivity index (χ2n) is 7.69. The van der Waals surface area contributed by atoms with Gasteiger partial charge in [-0.15, -0.1) is 0 Å². The van der Waals surface area contributed by atoms with Crippen LogP contribution in [0.3, 0.4) is 0 Å². The van der Waals surface area contributed by atoms with E-state index in [0.29, 0.717) is 49.0 Å². The van der Waals surface area contributed by atoms with Crippen LogP contribution in [0.15, 0.2) is 59.5 Å². The van der Waals surface area contributed by atoms with Crippen molar-refractivity contribution in [2.24, 2.45) is 0 Å². The van der Waals surface area contributed by atoms with Crippen molar-refractivity contribution in [3.05, 3.63) is 70.6 Å². The predicted molar refractivity (Wildman–Crippen MR) is 119 cm³/mol. The van der Waals surface area contributed by atoms with Crippen LogP contribution in [-0.2, 0) is 17.5 Å². The van der Waals surface area contributed by atoms with E-state index in [2.05, 4.69) is 10.1 Å². The van der Waals surface area contributed by atoms with E-state index < -0.39 is 17.3 Å². The van der Waals surface area contributed by atoms with Crippen molar-refractivity contribution in [3.63, 3.8) is 0 Å². The number of carbonyl (C=O) groups excluding carboxylic acids is 1. The van der Waals surface area contributed by atoms with Crippen LogP contribution in [0.4, 0.5) is 19.0 Å². The molecule has 3 heterocycles. The summed E-state index contributed by atoms with van der Waals surface area (Å²) in [6.07, 6.45) is -3.63. The van der Waals surface area contributed by atoms with Crippen LogP contribution < -0.4 is 15.2 Å². The number of para-hydroxylation sites is 1. The highest BCUT2D eigenvalue weighted by Gasteiger charge is 2.31. The summed E-state index contributed by atoms with van der Waals surface area (Å²) in [7, 11) is 1.54. The molecule has 1 saturated heterocycles. The van der Waals surface area contributed by atoms with E-state index in [-0.39, 0.29) is 12.5 Å². The van der Waals surface area contributed by atoms with Crippen molar-refractivity contribution in [1.29, 1.82) is 0 Å². The van der Waals surface area contributed by atoms with Gasteiger partial charge in [-0.3, -0.25) is 9.59 Å². The monoisotopic (exact) mass is 473 g/mol. The Morgan fingerprint density at radius 1 is 1.03 bits per heavy atom. The highest BCUT2D eigenvalue weighted by atomic mass is 19.4. The standard InChI is InChI=1S/C23H22F3N5O3/c1-34-19-5-3-2-4-17(19)18-7-9-21(32)31(28-18)15-22(33)30-12-10-29(11-13-30)20-8-6-16(14-27-20)23(24,25)26/h2-9,14H,10-13,15H2,1H3. The highest BCUT2D eigenvalue weighted by Crippen LogP contribution is 2.29. The lowest BCUT2D eigenvalue weighted by Crippen LogP contribution is -2.50. The van der Waals surface area contributed by atoms with Gasteiger partial charge in [0.1, 0.15) is 18.1 Å². The molecule has 2 aromatic heterocycles. The highest BCUT2D eigenvalue weighted by molar-refractivity contribution is 5.76. The molecule has 0 atom stereocenters. The predicted octanol–water partition coefficient (Wildman–Crippen LogP) is 2.68. The molecule has 1 fully saturated rings. The number of anilines is 1. The van der Waals surface area contributed by atoms with Gasteiger partial charge >= 0.3 is 6.18 Å². The summed E-state index contributed by atoms with van der Waals surface area (Å²) in [5, 5.41) is 4.34. The molecule has 1 aliphatic heterocycles. The van der Waals surface area contributed by atoms with Crippen LogP contribution in [0.1, 0.15) is 5.56 Å². The number of hydrogen-bond donors (Lipinski definition) is 0. The van der Waals surface area contributed by atoms with Crippen LogP contribution in [0.25, 0.3) is 11.3 Å². The first-order valence-corrected chi connectivity index (χ1v) is 10.5. The molecule has 0 spiro atoms. The number of alkyl halides is 3. The Hall–Kier alpha value is -3.89. The Kier molecular flexibility index (Phi) is 6.53. The number of aromatic nitrogens is 3. The van der Waals surface area contributed by atoms with Crippen molar-refractivity contribution in [1.82, 2.24) is 19.7 Å². The third-order valence-corrected chi connectivity index (χ3v) is 5.57. The largest absolute Gasteiger partial charge is 0.496 e. The second kappa shape index (κ2) is 9.54. The molecule has 1 amide bonds. The number of pyridine rings is 1. The zero-order valence-corrected chi connectivity index (χ0v) is 18.3. The number of nitrogens with zero attached hydrogens (tertiary/aromatic N) is 5. The minimum absolute atomic E-state index is 0.222. The molecule has 1 aromatic carbocycles. The van der Waals surface area contributed by atoms with Crippen LogP contribution >= 0.6 is 0 Å². The minimum atomic E-state index is -4.44. The smallest absolute Gasteiger partial charge is 0.417 e. The van der Waals surface area contributed by atoms with Gasteiger partial charge in [-0.05, 0) is 30.3 Å². The lowest BCUT2D eigenvalue weighted by molar-refractivity contribution is -0.138. The average molecular weight is 473 g/mol. The van der Waals surface area contributed by atoms with Gasteiger partial charge in [-0.25, -0.2) is 9.67 Å². The van der Waals surface area contributed by atoms with Gasteiger partial charge in [-0.2, -0.15) is 18.3 Å². The molecular weight excluding hydrogens is 451 g/mol. The molecule has 3 aromatic rings. The maximum absolute atomic E-state index is 12.8. The summed E-state index contributed by atoms with van der Waals surface area (Å²) >= 11 is 0. The number of rotatable bonds is 5. The number of piperazine rings is 1. The van der Waals surface area contributed by atoms with Crippen molar-refractivity contribution in [2.75, 3.05) is 38.2 Å². The quantitative estimate of drug-likeness (QED) is 0.567. The maximum atomic E-state index is 12.8. The summed E-state index contributed by atoms with van der Waals surface area (Å²) in [6, 6.07) is 12.5. The van der Waals surface area contributed by atoms with E-state index >= 15 is 0 Å². The van der Waals surface area contributed by atoms with Gasteiger partial charge in [0.25, 0.3) is 5.56 Å². The molecule has 34 heavy (non-hydrogen) atoms. The fourth-order valence-electron chi connectivity index (χ4n) is 3.72. The maximum Gasteiger partial charge on any atom is 0.417 e. The van der Waals surface area contributed by atoms with Gasteiger partial charge in [0.2, 0.25) is 5.91 Å². The van der Waals surface area contributed by atoms with Gasteiger partial charge < -0.3 is 14.5 Å². The molecule has 0 unspecified atom stereocenters. The Labute approximate surface area is 193 Å². The molecule has 0 N–H and O–H groups in total. The summed E-state index contributed by atoms with van der Waals surface area (Å²) in [5.41, 5.74) is -0.00940. The number of hydrogen-bond acceptors (Lipinski definition) is 6. The van der Waals surface area contributed by atoms with E-state index in [1.165, 1.54) is 19.2 Å². The third-order valence-electron chi connectivity index (χ3n) is 5.57. The zero-order chi connectivity index (χ0) is 24.3. The van der Waals surface area contributed by atoms with Gasteiger partial charge in [-0.1, -0.05) is 12.1 Å². The third kappa shape index (κ3) is 5.03. The van der Waals surface area contributed by atoms with Crippen molar-refractivity contribution >= 4 is 11.7 Å². The summed E-state index contributed by atoms with van der Waals surface area (Å²) in [5.74, 6) is 0.744. The molecule has 0 aliphatic carbocycles. The van der Waals surface area contributed by atoms with Crippen molar-refractivity contribution in [2.45, 2.75) is 12.7 Å². The summed E-state index contributed by atoms with van der Waals surface area (Å²) < 4.78 is 44.7. The SMILES string of the molecule is COc1ccccc1-c1ccc(=O)n(CC(=O)N2CCN(c3ccc(C(F)(F)F)cn3)CC2)n1. The van der Waals surface area contributed by atoms with Crippen LogP contribution in [0.2, 0.25) is 0 Å². The summed E-state index contributed by atoms with van der Waals surface area (Å²) in [6.45, 7) is 1.30. The Balaban J connectivity index is 1.41. The van der Waals surface area contributed by atoms with Gasteiger partial charge in [0.05, 0.1) is 18.4 Å². The van der Waals surface area contributed by atoms with E-state index in [4.69, 9.17) is 4.74 Å². The fourth-order valence-corrected chi connectivity index (χ4v) is 3.72. The van der Waals surface area contributed by atoms with E-state index in [1.807, 2.05) is 23.1 Å². The van der Waals surface area contributed by atoms with Gasteiger partial charge in [0.15, 0.2) is 0 Å². The van der Waals surface area contributed by atoms with Crippen molar-refractivity contribution in [3.8, 4) is 17.0 Å². The number of halogens is 3. The Morgan fingerprint density at radius 2 is 1.76 bits per heavy atom. The molecule has 0 bridgehead atoms. The average Bonchev–Trinajstić information content (AvgIpc) is 2.85. The number of benzene rings is 1. The Morgan fingerprint density at radius 3 is 2.41 bits per heavy atom. The van der Waals surface area contributed by atoms with E-state index in [0.717, 1.165) is 16.9 Å². The summed E-state index contributed by atoms with van der Waals surface area (Å²) in [4.78, 5) is 32.5. The normalized spacial score (nSPS) is 14.2. The second-order valence-corrected chi connectivity index (χ2v) is 7.69. The lowest BCUT2D eigenvalue weighted by atomic mass is 10.1. The number of carbonyl (C=O) groups is 1. The molecule has 4 rings (SSSR count). The minimum Gasteiger partial charge on any atom is -0.496 e.